The van der Waals surface area contributed by atoms with Gasteiger partial charge in [-0.1, -0.05) is 180 Å². The lowest BCUT2D eigenvalue weighted by Gasteiger charge is -2.31. The topological polar surface area (TPSA) is 16.4 Å². The number of rotatable bonds is 5. The van der Waals surface area contributed by atoms with Gasteiger partial charge in [-0.3, -0.25) is 0 Å². The number of benzene rings is 9. The molecule has 0 saturated carbocycles. The molecule has 2 heteroatoms. The zero-order valence-corrected chi connectivity index (χ0v) is 35.2. The molecular weight excluding hydrogens is 739 g/mol. The summed E-state index contributed by atoms with van der Waals surface area (Å²) in [7, 11) is 0. The lowest BCUT2D eigenvalue weighted by Crippen LogP contribution is -2.17. The summed E-state index contributed by atoms with van der Waals surface area (Å²) in [6.45, 7) is 11.6. The number of fused-ring (bicyclic) bond motifs is 9. The van der Waals surface area contributed by atoms with Crippen molar-refractivity contribution in [1.29, 1.82) is 0 Å². The molecule has 292 valence electrons. The van der Waals surface area contributed by atoms with Crippen LogP contribution >= 0.6 is 0 Å². The van der Waals surface area contributed by atoms with Crippen LogP contribution in [0.1, 0.15) is 51.3 Å². The summed E-state index contributed by atoms with van der Waals surface area (Å²) in [4.78, 5) is 2.51. The van der Waals surface area contributed by atoms with E-state index in [4.69, 9.17) is 4.42 Å². The molecule has 1 aromatic heterocycles. The van der Waals surface area contributed by atoms with E-state index in [9.17, 15) is 0 Å². The Bertz CT molecular complexity index is 3400. The van der Waals surface area contributed by atoms with Crippen LogP contribution in [0, 0.1) is 0 Å². The predicted molar refractivity (Wildman–Crippen MR) is 257 cm³/mol. The van der Waals surface area contributed by atoms with Gasteiger partial charge in [-0.05, 0) is 119 Å². The molecule has 0 unspecified atom stereocenters. The average Bonchev–Trinajstić information content (AvgIpc) is 3.90. The normalized spacial score (nSPS) is 13.5. The third-order valence-corrected chi connectivity index (χ3v) is 13.6. The van der Waals surface area contributed by atoms with Gasteiger partial charge in [0.2, 0.25) is 0 Å². The van der Waals surface area contributed by atoms with Gasteiger partial charge in [0, 0.05) is 22.1 Å². The molecule has 0 saturated heterocycles. The fraction of sp³-hybridized carbons (Fsp3) is 0.119. The highest BCUT2D eigenvalue weighted by molar-refractivity contribution is 6.19. The van der Waals surface area contributed by atoms with E-state index < -0.39 is 0 Å². The minimum atomic E-state index is -0.169. The molecule has 12 rings (SSSR count). The summed E-state index contributed by atoms with van der Waals surface area (Å²) in [5.74, 6) is 0. The zero-order chi connectivity index (χ0) is 41.2. The Morgan fingerprint density at radius 3 is 1.80 bits per heavy atom. The summed E-state index contributed by atoms with van der Waals surface area (Å²) in [5.41, 5.74) is 21.5. The minimum absolute atomic E-state index is 0.0411. The van der Waals surface area contributed by atoms with E-state index in [0.717, 1.165) is 44.6 Å². The number of para-hydroxylation sites is 1. The average molecular weight is 784 g/mol. The molecule has 2 aliphatic carbocycles. The van der Waals surface area contributed by atoms with E-state index in [2.05, 4.69) is 222 Å². The molecule has 0 N–H and O–H groups in total. The Morgan fingerprint density at radius 1 is 0.410 bits per heavy atom. The first-order valence-electron chi connectivity index (χ1n) is 21.5. The first kappa shape index (κ1) is 35.8. The van der Waals surface area contributed by atoms with Crippen LogP contribution in [-0.2, 0) is 10.8 Å². The van der Waals surface area contributed by atoms with Gasteiger partial charge in [-0.25, -0.2) is 0 Å². The maximum absolute atomic E-state index is 6.59. The van der Waals surface area contributed by atoms with Gasteiger partial charge in [0.15, 0.2) is 0 Å². The van der Waals surface area contributed by atoms with Crippen LogP contribution in [0.2, 0.25) is 0 Å². The van der Waals surface area contributed by atoms with Crippen molar-refractivity contribution >= 4 is 49.8 Å². The second-order valence-electron chi connectivity index (χ2n) is 18.5. The second-order valence-corrected chi connectivity index (χ2v) is 18.5. The van der Waals surface area contributed by atoms with Gasteiger partial charge in [0.25, 0.3) is 0 Å². The van der Waals surface area contributed by atoms with Gasteiger partial charge in [-0.2, -0.15) is 0 Å². The van der Waals surface area contributed by atoms with Crippen molar-refractivity contribution in [3.8, 4) is 55.6 Å². The highest BCUT2D eigenvalue weighted by Gasteiger charge is 2.36. The third kappa shape index (κ3) is 5.28. The fourth-order valence-electron chi connectivity index (χ4n) is 10.5. The first-order chi connectivity index (χ1) is 29.6. The number of hydrogen-bond donors (Lipinski definition) is 0. The molecule has 10 aromatic rings. The van der Waals surface area contributed by atoms with E-state index in [1.165, 1.54) is 77.5 Å². The summed E-state index contributed by atoms with van der Waals surface area (Å²) in [5, 5.41) is 4.80. The molecule has 0 atom stereocenters. The quantitative estimate of drug-likeness (QED) is 0.173. The maximum atomic E-state index is 6.59. The van der Waals surface area contributed by atoms with Crippen molar-refractivity contribution in [2.45, 2.75) is 45.4 Å². The Balaban J connectivity index is 1.16. The Labute approximate surface area is 357 Å². The number of anilines is 3. The molecule has 9 aromatic carbocycles. The van der Waals surface area contributed by atoms with E-state index >= 15 is 0 Å². The Kier molecular flexibility index (Phi) is 7.57. The molecule has 0 fully saturated rings. The molecule has 2 aliphatic rings. The zero-order valence-electron chi connectivity index (χ0n) is 35.2. The van der Waals surface area contributed by atoms with Crippen LogP contribution in [-0.4, -0.2) is 0 Å². The van der Waals surface area contributed by atoms with Crippen molar-refractivity contribution in [2.24, 2.45) is 0 Å². The van der Waals surface area contributed by atoms with Gasteiger partial charge in [0.1, 0.15) is 11.2 Å². The first-order valence-corrected chi connectivity index (χ1v) is 21.5. The fourth-order valence-corrected chi connectivity index (χ4v) is 10.5. The van der Waals surface area contributed by atoms with Crippen LogP contribution in [0.25, 0.3) is 88.3 Å². The van der Waals surface area contributed by atoms with Crippen molar-refractivity contribution in [2.75, 3.05) is 4.90 Å². The molecule has 0 bridgehead atoms. The van der Waals surface area contributed by atoms with Crippen LogP contribution < -0.4 is 4.90 Å². The Morgan fingerprint density at radius 2 is 1.00 bits per heavy atom. The SMILES string of the molecule is CC(C)(C)c1ccc(-c2ccc(-c3ccc4c5c(cccc35)-c3ccccc3-4)cc2N(c2ccc3c(c2)C(C)(C)c2ccccc2-3)c2cccc3oc4ccccc4c23)cc1. The molecule has 1 heterocycles. The number of hydrogen-bond acceptors (Lipinski definition) is 2. The molecule has 0 aliphatic heterocycles. The summed E-state index contributed by atoms with van der Waals surface area (Å²) in [6, 6.07) is 67.6. The van der Waals surface area contributed by atoms with Gasteiger partial charge in [0.05, 0.1) is 16.8 Å². The largest absolute Gasteiger partial charge is 0.456 e. The molecule has 2 nitrogen and oxygen atoms in total. The molecule has 0 radical (unpaired) electrons. The Hall–Kier alpha value is -7.16. The van der Waals surface area contributed by atoms with Crippen LogP contribution in [0.5, 0.6) is 0 Å². The van der Waals surface area contributed by atoms with E-state index in [1.54, 1.807) is 0 Å². The number of furan rings is 1. The minimum Gasteiger partial charge on any atom is -0.456 e. The predicted octanol–water partition coefficient (Wildman–Crippen LogP) is 16.8. The van der Waals surface area contributed by atoms with Gasteiger partial charge >= 0.3 is 0 Å². The standard InChI is InChI=1S/C59H45NO/c1-58(2,3)38-27-24-36(25-28-38)41-30-26-37(40-32-33-48-43-15-7-6-14-42(43)47-19-12-18-46(40)56(47)48)34-53(41)60(52-21-13-23-55-57(52)49-17-9-11-22-54(49)61-55)39-29-31-45-44-16-8-10-20-50(44)59(4,5)51(45)35-39/h6-35H,1-5H3. The smallest absolute Gasteiger partial charge is 0.137 e. The van der Waals surface area contributed by atoms with E-state index in [1.807, 2.05) is 0 Å². The molecular formula is C59H45NO. The summed E-state index contributed by atoms with van der Waals surface area (Å²) in [6.07, 6.45) is 0. The van der Waals surface area contributed by atoms with Crippen LogP contribution in [0.15, 0.2) is 186 Å². The van der Waals surface area contributed by atoms with Crippen molar-refractivity contribution in [1.82, 2.24) is 0 Å². The highest BCUT2D eigenvalue weighted by Crippen LogP contribution is 2.54. The monoisotopic (exact) mass is 783 g/mol. The lowest BCUT2D eigenvalue weighted by molar-refractivity contribution is 0.590. The van der Waals surface area contributed by atoms with E-state index in [-0.39, 0.29) is 10.8 Å². The highest BCUT2D eigenvalue weighted by atomic mass is 16.3. The maximum Gasteiger partial charge on any atom is 0.137 e. The summed E-state index contributed by atoms with van der Waals surface area (Å²) < 4.78 is 6.59. The molecule has 0 spiro atoms. The van der Waals surface area contributed by atoms with Crippen LogP contribution in [0.4, 0.5) is 17.1 Å². The molecule has 61 heavy (non-hydrogen) atoms. The molecule has 0 amide bonds. The second kappa shape index (κ2) is 12.9. The number of nitrogens with zero attached hydrogens (tertiary/aromatic N) is 1. The third-order valence-electron chi connectivity index (χ3n) is 13.6. The van der Waals surface area contributed by atoms with E-state index in [0.29, 0.717) is 0 Å². The van der Waals surface area contributed by atoms with Crippen molar-refractivity contribution < 1.29 is 4.42 Å². The lowest BCUT2D eigenvalue weighted by atomic mass is 9.82. The van der Waals surface area contributed by atoms with Crippen molar-refractivity contribution in [3.05, 3.63) is 199 Å². The van der Waals surface area contributed by atoms with Crippen molar-refractivity contribution in [3.63, 3.8) is 0 Å². The van der Waals surface area contributed by atoms with Gasteiger partial charge < -0.3 is 9.32 Å². The summed E-state index contributed by atoms with van der Waals surface area (Å²) >= 11 is 0. The van der Waals surface area contributed by atoms with Gasteiger partial charge in [-0.15, -0.1) is 0 Å². The van der Waals surface area contributed by atoms with Crippen LogP contribution in [0.3, 0.4) is 0 Å².